The summed E-state index contributed by atoms with van der Waals surface area (Å²) in [5.41, 5.74) is 0. The molecule has 0 saturated carbocycles. The summed E-state index contributed by atoms with van der Waals surface area (Å²) in [5.74, 6) is 0. The van der Waals surface area contributed by atoms with Crippen LogP contribution in [0, 0.1) is 0 Å². The number of hydrogen-bond acceptors (Lipinski definition) is 1. The molecule has 0 spiro atoms. The van der Waals surface area contributed by atoms with Crippen LogP contribution in [0.15, 0.2) is 0 Å². The molecule has 7 heteroatoms. The van der Waals surface area contributed by atoms with E-state index in [9.17, 15) is 0 Å². The Morgan fingerprint density at radius 2 is 1.14 bits per heavy atom. The minimum Gasteiger partial charge on any atom is -0.303 e. The summed E-state index contributed by atoms with van der Waals surface area (Å²) in [4.78, 5) is 21.6. The predicted octanol–water partition coefficient (Wildman–Crippen LogP) is -1.31. The summed E-state index contributed by atoms with van der Waals surface area (Å²) in [6.45, 7) is 0. The fraction of sp³-hybridized carbons (Fsp3) is 0. The Morgan fingerprint density at radius 1 is 1.14 bits per heavy atom. The second kappa shape index (κ2) is 6.49. The fourth-order valence-corrected chi connectivity index (χ4v) is 0. The van der Waals surface area contributed by atoms with E-state index in [1.807, 2.05) is 0 Å². The maximum Gasteiger partial charge on any atom is 0.466 e. The topological polar surface area (TPSA) is 77.8 Å². The standard InChI is InChI=1S/K.H3O4P.Zn/c;1-5(2,3)4;/h;(H3,1,2,3,4);. The maximum atomic E-state index is 8.88. The summed E-state index contributed by atoms with van der Waals surface area (Å²) in [7, 11) is -4.64. The van der Waals surface area contributed by atoms with Gasteiger partial charge in [0.1, 0.15) is 0 Å². The first-order chi connectivity index (χ1) is 2.00. The summed E-state index contributed by atoms with van der Waals surface area (Å²) in [6.07, 6.45) is 0. The van der Waals surface area contributed by atoms with Crippen LogP contribution >= 0.6 is 7.82 Å². The minimum atomic E-state index is -4.64. The molecule has 0 aliphatic heterocycles. The summed E-state index contributed by atoms with van der Waals surface area (Å²) < 4.78 is 8.88. The molecule has 7 heavy (non-hydrogen) atoms. The molecule has 0 saturated heterocycles. The third-order valence-electron chi connectivity index (χ3n) is 0. The van der Waals surface area contributed by atoms with Crippen molar-refractivity contribution >= 4 is 59.2 Å². The van der Waals surface area contributed by atoms with Gasteiger partial charge in [-0.25, -0.2) is 4.57 Å². The van der Waals surface area contributed by atoms with E-state index in [0.717, 1.165) is 0 Å². The van der Waals surface area contributed by atoms with Gasteiger partial charge in [0.2, 0.25) is 0 Å². The molecule has 35 valence electrons. The maximum absolute atomic E-state index is 8.88. The first-order valence-electron chi connectivity index (χ1n) is 0.783. The molecule has 0 rings (SSSR count). The molecule has 0 amide bonds. The predicted molar refractivity (Wildman–Crippen MR) is 20.0 cm³/mol. The molecular formula is H3KO4PZn. The third-order valence-corrected chi connectivity index (χ3v) is 0. The van der Waals surface area contributed by atoms with Gasteiger partial charge in [-0.3, -0.25) is 0 Å². The van der Waals surface area contributed by atoms with Crippen molar-refractivity contribution in [1.82, 2.24) is 0 Å². The first-order valence-corrected chi connectivity index (χ1v) is 2.35. The minimum absolute atomic E-state index is 0. The van der Waals surface area contributed by atoms with E-state index < -0.39 is 7.82 Å². The first kappa shape index (κ1) is 16.2. The quantitative estimate of drug-likeness (QED) is 0.337. The van der Waals surface area contributed by atoms with Gasteiger partial charge in [0, 0.05) is 70.9 Å². The Bertz CT molecular complexity index is 57.8. The Morgan fingerprint density at radius 3 is 1.14 bits per heavy atom. The number of hydrogen-bond donors (Lipinski definition) is 3. The van der Waals surface area contributed by atoms with E-state index >= 15 is 0 Å². The van der Waals surface area contributed by atoms with Gasteiger partial charge in [-0.2, -0.15) is 0 Å². The summed E-state index contributed by atoms with van der Waals surface area (Å²) >= 11 is 0. The van der Waals surface area contributed by atoms with Crippen LogP contribution < -0.4 is 0 Å². The average molecular weight is 202 g/mol. The van der Waals surface area contributed by atoms with Gasteiger partial charge in [0.15, 0.2) is 0 Å². The molecule has 0 aromatic rings. The van der Waals surface area contributed by atoms with Crippen LogP contribution in [-0.4, -0.2) is 66.1 Å². The molecule has 0 unspecified atom stereocenters. The molecule has 0 heterocycles. The second-order valence-electron chi connectivity index (χ2n) is 0.513. The van der Waals surface area contributed by atoms with E-state index in [1.54, 1.807) is 0 Å². The van der Waals surface area contributed by atoms with E-state index in [0.29, 0.717) is 0 Å². The normalized spacial score (nSPS) is 8.43. The Balaban J connectivity index is -0.0000000800. The van der Waals surface area contributed by atoms with Gasteiger partial charge < -0.3 is 14.7 Å². The van der Waals surface area contributed by atoms with E-state index in [2.05, 4.69) is 0 Å². The summed E-state index contributed by atoms with van der Waals surface area (Å²) in [5, 5.41) is 0. The van der Waals surface area contributed by atoms with Crippen molar-refractivity contribution in [3.8, 4) is 0 Å². The van der Waals surface area contributed by atoms with Crippen molar-refractivity contribution in [3.63, 3.8) is 0 Å². The van der Waals surface area contributed by atoms with E-state index in [4.69, 9.17) is 19.2 Å². The fourth-order valence-electron chi connectivity index (χ4n) is 0. The van der Waals surface area contributed by atoms with Crippen molar-refractivity contribution in [1.29, 1.82) is 0 Å². The molecule has 0 aliphatic carbocycles. The molecule has 3 N–H and O–H groups in total. The molecule has 4 nitrogen and oxygen atoms in total. The Kier molecular flexibility index (Phi) is 15.0. The monoisotopic (exact) mass is 201 g/mol. The van der Waals surface area contributed by atoms with Gasteiger partial charge in [-0.05, 0) is 0 Å². The van der Waals surface area contributed by atoms with Crippen LogP contribution in [0.1, 0.15) is 0 Å². The Hall–Kier alpha value is 2.37. The van der Waals surface area contributed by atoms with Crippen LogP contribution in [-0.2, 0) is 24.0 Å². The zero-order valence-corrected chi connectivity index (χ0v) is 10.9. The Labute approximate surface area is 96.1 Å². The largest absolute Gasteiger partial charge is 0.466 e. The van der Waals surface area contributed by atoms with Crippen LogP contribution in [0.3, 0.4) is 0 Å². The third kappa shape index (κ3) is 60.5. The van der Waals surface area contributed by atoms with Gasteiger partial charge in [0.25, 0.3) is 0 Å². The molecule has 1 radical (unpaired) electrons. The van der Waals surface area contributed by atoms with Crippen molar-refractivity contribution in [3.05, 3.63) is 0 Å². The number of rotatable bonds is 0. The van der Waals surface area contributed by atoms with E-state index in [-0.39, 0.29) is 70.9 Å². The van der Waals surface area contributed by atoms with Gasteiger partial charge >= 0.3 is 7.82 Å². The van der Waals surface area contributed by atoms with E-state index in [1.165, 1.54) is 0 Å². The molecule has 0 aromatic carbocycles. The molecule has 0 bridgehead atoms. The molecule has 0 aliphatic rings. The van der Waals surface area contributed by atoms with Crippen LogP contribution in [0.5, 0.6) is 0 Å². The smallest absolute Gasteiger partial charge is 0.303 e. The van der Waals surface area contributed by atoms with Crippen molar-refractivity contribution < 1.29 is 38.7 Å². The molecular weight excluding hydrogens is 199 g/mol. The van der Waals surface area contributed by atoms with Crippen LogP contribution in [0.2, 0.25) is 0 Å². The van der Waals surface area contributed by atoms with Gasteiger partial charge in [-0.1, -0.05) is 0 Å². The van der Waals surface area contributed by atoms with Crippen LogP contribution in [0.4, 0.5) is 0 Å². The van der Waals surface area contributed by atoms with Crippen LogP contribution in [0.25, 0.3) is 0 Å². The van der Waals surface area contributed by atoms with Crippen molar-refractivity contribution in [2.75, 3.05) is 0 Å². The second-order valence-corrected chi connectivity index (χ2v) is 1.54. The summed E-state index contributed by atoms with van der Waals surface area (Å²) in [6, 6.07) is 0. The van der Waals surface area contributed by atoms with Crippen molar-refractivity contribution in [2.45, 2.75) is 0 Å². The molecule has 0 aromatic heterocycles. The zero-order valence-electron chi connectivity index (χ0n) is 3.90. The SMILES string of the molecule is O=P(O)(O)O.[K].[Zn]. The number of phosphoric acid groups is 1. The van der Waals surface area contributed by atoms with Crippen molar-refractivity contribution in [2.24, 2.45) is 0 Å². The molecule has 0 fully saturated rings. The van der Waals surface area contributed by atoms with Gasteiger partial charge in [0.05, 0.1) is 0 Å². The van der Waals surface area contributed by atoms with Gasteiger partial charge in [-0.15, -0.1) is 0 Å². The zero-order chi connectivity index (χ0) is 4.50. The average Bonchev–Trinajstić information content (AvgIpc) is 0.722. The molecule has 0 atom stereocenters.